The fraction of sp³-hybridized carbons (Fsp3) is 0.667. The molecule has 1 aliphatic heterocycles. The number of hydrogen-bond donors (Lipinski definition) is 2. The van der Waals surface area contributed by atoms with Crippen LogP contribution in [0.25, 0.3) is 0 Å². The quantitative estimate of drug-likeness (QED) is 0.568. The monoisotopic (exact) mass is 374 g/mol. The summed E-state index contributed by atoms with van der Waals surface area (Å²) in [4.78, 5) is 6.78. The molecule has 1 unspecified atom stereocenters. The zero-order chi connectivity index (χ0) is 19.1. The third kappa shape index (κ3) is 5.28. The summed E-state index contributed by atoms with van der Waals surface area (Å²) in [6.07, 6.45) is 7.58. The van der Waals surface area contributed by atoms with Gasteiger partial charge in [-0.3, -0.25) is 4.99 Å². The molecule has 1 aromatic carbocycles. The fourth-order valence-corrected chi connectivity index (χ4v) is 4.02. The Morgan fingerprint density at radius 3 is 2.67 bits per heavy atom. The number of hydrogen-bond acceptors (Lipinski definition) is 4. The smallest absolute Gasteiger partial charge is 0.191 e. The molecule has 1 heterocycles. The molecule has 1 aliphatic carbocycles. The first kappa shape index (κ1) is 19.8. The maximum atomic E-state index is 6.32. The summed E-state index contributed by atoms with van der Waals surface area (Å²) in [5.41, 5.74) is 1.10. The van der Waals surface area contributed by atoms with Crippen molar-refractivity contribution >= 4 is 5.96 Å². The first-order valence-corrected chi connectivity index (χ1v) is 10.2. The third-order valence-electron chi connectivity index (χ3n) is 5.71. The molecule has 0 amide bonds. The Bertz CT molecular complexity index is 629. The predicted molar refractivity (Wildman–Crippen MR) is 110 cm³/mol. The van der Waals surface area contributed by atoms with Crippen LogP contribution >= 0.6 is 0 Å². The number of para-hydroxylation sites is 1. The second-order valence-corrected chi connectivity index (χ2v) is 7.56. The number of nitrogens with one attached hydrogen (secondary N) is 2. The Labute approximate surface area is 163 Å². The molecule has 150 valence electrons. The van der Waals surface area contributed by atoms with Crippen LogP contribution in [0.2, 0.25) is 0 Å². The van der Waals surface area contributed by atoms with E-state index in [0.717, 1.165) is 42.4 Å². The minimum Gasteiger partial charge on any atom is -0.493 e. The summed E-state index contributed by atoms with van der Waals surface area (Å²) >= 11 is 0. The number of likely N-dealkylation sites (tertiary alicyclic amines) is 1. The molecule has 6 nitrogen and oxygen atoms in total. The van der Waals surface area contributed by atoms with Crippen LogP contribution in [0.3, 0.4) is 0 Å². The maximum absolute atomic E-state index is 6.32. The van der Waals surface area contributed by atoms with Crippen molar-refractivity contribution in [3.63, 3.8) is 0 Å². The van der Waals surface area contributed by atoms with E-state index in [2.05, 4.69) is 33.6 Å². The van der Waals surface area contributed by atoms with E-state index in [9.17, 15) is 0 Å². The van der Waals surface area contributed by atoms with Gasteiger partial charge in [-0.25, -0.2) is 0 Å². The van der Waals surface area contributed by atoms with Crippen LogP contribution in [0.4, 0.5) is 0 Å². The Balaban J connectivity index is 1.59. The zero-order valence-electron chi connectivity index (χ0n) is 17.0. The molecule has 1 saturated heterocycles. The predicted octanol–water partition coefficient (Wildman–Crippen LogP) is 2.78. The molecule has 0 aromatic heterocycles. The van der Waals surface area contributed by atoms with E-state index in [0.29, 0.717) is 18.7 Å². The molecule has 1 saturated carbocycles. The van der Waals surface area contributed by atoms with E-state index in [4.69, 9.17) is 9.47 Å². The molecule has 2 fully saturated rings. The van der Waals surface area contributed by atoms with Gasteiger partial charge in [0, 0.05) is 31.7 Å². The minimum absolute atomic E-state index is 0.301. The number of rotatable bonds is 7. The van der Waals surface area contributed by atoms with Crippen LogP contribution < -0.4 is 20.1 Å². The molecular formula is C21H34N4O2. The van der Waals surface area contributed by atoms with Gasteiger partial charge in [0.1, 0.15) is 0 Å². The molecule has 3 rings (SSSR count). The van der Waals surface area contributed by atoms with Gasteiger partial charge in [0.05, 0.1) is 13.2 Å². The van der Waals surface area contributed by atoms with Crippen molar-refractivity contribution in [2.24, 2.45) is 4.99 Å². The van der Waals surface area contributed by atoms with E-state index in [1.807, 2.05) is 19.2 Å². The van der Waals surface area contributed by atoms with Gasteiger partial charge in [0.2, 0.25) is 0 Å². The van der Waals surface area contributed by atoms with E-state index in [1.54, 1.807) is 7.11 Å². The van der Waals surface area contributed by atoms with Gasteiger partial charge >= 0.3 is 0 Å². The Morgan fingerprint density at radius 1 is 1.19 bits per heavy atom. The Hall–Kier alpha value is -1.95. The lowest BCUT2D eigenvalue weighted by Crippen LogP contribution is -2.43. The van der Waals surface area contributed by atoms with Crippen molar-refractivity contribution in [3.05, 3.63) is 23.8 Å². The number of guanidine groups is 1. The number of aliphatic imine (C=N–C) groups is 1. The number of nitrogens with zero attached hydrogens (tertiary/aromatic N) is 2. The third-order valence-corrected chi connectivity index (χ3v) is 5.71. The SMILES string of the molecule is CN=C(NCc1cccc(OC)c1OC1CCCC1)NCC1CCCN1C. The molecule has 6 heteroatoms. The van der Waals surface area contributed by atoms with Crippen molar-refractivity contribution in [2.75, 3.05) is 34.3 Å². The second kappa shape index (κ2) is 9.83. The molecule has 0 radical (unpaired) electrons. The Morgan fingerprint density at radius 2 is 2.00 bits per heavy atom. The molecule has 1 atom stereocenters. The summed E-state index contributed by atoms with van der Waals surface area (Å²) in [7, 11) is 5.71. The molecule has 1 aromatic rings. The van der Waals surface area contributed by atoms with E-state index in [-0.39, 0.29) is 0 Å². The highest BCUT2D eigenvalue weighted by atomic mass is 16.5. The van der Waals surface area contributed by atoms with E-state index in [1.165, 1.54) is 32.2 Å². The van der Waals surface area contributed by atoms with Crippen molar-refractivity contribution < 1.29 is 9.47 Å². The van der Waals surface area contributed by atoms with E-state index >= 15 is 0 Å². The summed E-state index contributed by atoms with van der Waals surface area (Å²) in [5, 5.41) is 6.88. The van der Waals surface area contributed by atoms with Gasteiger partial charge in [-0.15, -0.1) is 0 Å². The van der Waals surface area contributed by atoms with Gasteiger partial charge < -0.3 is 25.0 Å². The van der Waals surface area contributed by atoms with Gasteiger partial charge in [0.25, 0.3) is 0 Å². The van der Waals surface area contributed by atoms with Crippen LogP contribution in [0, 0.1) is 0 Å². The summed E-state index contributed by atoms with van der Waals surface area (Å²) in [6.45, 7) is 2.75. The molecule has 2 N–H and O–H groups in total. The molecule has 0 bridgehead atoms. The number of ether oxygens (including phenoxy) is 2. The average molecular weight is 375 g/mol. The van der Waals surface area contributed by atoms with Crippen LogP contribution in [-0.2, 0) is 6.54 Å². The Kier molecular flexibility index (Phi) is 7.21. The van der Waals surface area contributed by atoms with Crippen LogP contribution in [0.1, 0.15) is 44.1 Å². The lowest BCUT2D eigenvalue weighted by atomic mass is 10.1. The fourth-order valence-electron chi connectivity index (χ4n) is 4.02. The number of likely N-dealkylation sites (N-methyl/N-ethyl adjacent to an activating group) is 1. The normalized spacial score (nSPS) is 21.4. The van der Waals surface area contributed by atoms with Gasteiger partial charge in [-0.2, -0.15) is 0 Å². The highest BCUT2D eigenvalue weighted by molar-refractivity contribution is 5.79. The summed E-state index contributed by atoms with van der Waals surface area (Å²) in [6, 6.07) is 6.66. The number of benzene rings is 1. The number of methoxy groups -OCH3 is 1. The first-order valence-electron chi connectivity index (χ1n) is 10.2. The largest absolute Gasteiger partial charge is 0.493 e. The molecule has 2 aliphatic rings. The van der Waals surface area contributed by atoms with Crippen LogP contribution in [0.5, 0.6) is 11.5 Å². The molecule has 27 heavy (non-hydrogen) atoms. The lowest BCUT2D eigenvalue weighted by Gasteiger charge is -2.22. The van der Waals surface area contributed by atoms with Gasteiger partial charge in [-0.1, -0.05) is 12.1 Å². The first-order chi connectivity index (χ1) is 13.2. The maximum Gasteiger partial charge on any atom is 0.191 e. The van der Waals surface area contributed by atoms with Crippen molar-refractivity contribution in [2.45, 2.75) is 57.2 Å². The topological polar surface area (TPSA) is 58.1 Å². The summed E-state index contributed by atoms with van der Waals surface area (Å²) in [5.74, 6) is 2.49. The van der Waals surface area contributed by atoms with Crippen molar-refractivity contribution in [1.82, 2.24) is 15.5 Å². The van der Waals surface area contributed by atoms with Crippen molar-refractivity contribution in [1.29, 1.82) is 0 Å². The highest BCUT2D eigenvalue weighted by Crippen LogP contribution is 2.34. The van der Waals surface area contributed by atoms with E-state index < -0.39 is 0 Å². The van der Waals surface area contributed by atoms with Crippen LogP contribution in [0.15, 0.2) is 23.2 Å². The lowest BCUT2D eigenvalue weighted by molar-refractivity contribution is 0.198. The van der Waals surface area contributed by atoms with Gasteiger partial charge in [-0.05, 0) is 58.2 Å². The van der Waals surface area contributed by atoms with Crippen LogP contribution in [-0.4, -0.2) is 57.3 Å². The molecule has 0 spiro atoms. The minimum atomic E-state index is 0.301. The van der Waals surface area contributed by atoms with Gasteiger partial charge in [0.15, 0.2) is 17.5 Å². The highest BCUT2D eigenvalue weighted by Gasteiger charge is 2.22. The standard InChI is InChI=1S/C21H34N4O2/c1-22-21(24-15-17-9-7-13-25(17)2)23-14-16-8-6-12-19(26-3)20(16)27-18-10-4-5-11-18/h6,8,12,17-18H,4-5,7,9-11,13-15H2,1-3H3,(H2,22,23,24). The second-order valence-electron chi connectivity index (χ2n) is 7.56. The van der Waals surface area contributed by atoms with Crippen molar-refractivity contribution in [3.8, 4) is 11.5 Å². The average Bonchev–Trinajstić information content (AvgIpc) is 3.34. The summed E-state index contributed by atoms with van der Waals surface area (Å²) < 4.78 is 11.9. The molecular weight excluding hydrogens is 340 g/mol. The zero-order valence-corrected chi connectivity index (χ0v) is 17.0.